The van der Waals surface area contributed by atoms with Crippen molar-refractivity contribution in [2.75, 3.05) is 18.4 Å². The number of hydrogen-bond donors (Lipinski definition) is 1. The van der Waals surface area contributed by atoms with Crippen LogP contribution >= 0.6 is 0 Å². The van der Waals surface area contributed by atoms with E-state index in [0.717, 1.165) is 11.1 Å². The number of rotatable bonds is 6. The summed E-state index contributed by atoms with van der Waals surface area (Å²) in [6, 6.07) is 14.7. The number of carbonyl (C=O) groups excluding carboxylic acids is 1. The summed E-state index contributed by atoms with van der Waals surface area (Å²) in [7, 11) is 0. The molecule has 1 aromatic heterocycles. The van der Waals surface area contributed by atoms with E-state index in [2.05, 4.69) is 10.5 Å². The Labute approximate surface area is 191 Å². The van der Waals surface area contributed by atoms with E-state index in [1.54, 1.807) is 24.0 Å². The molecular formula is C24H26N4O5. The van der Waals surface area contributed by atoms with E-state index in [1.165, 1.54) is 0 Å². The average Bonchev–Trinajstić information content (AvgIpc) is 3.16. The zero-order valence-electron chi connectivity index (χ0n) is 18.6. The molecule has 1 amide bonds. The Balaban J connectivity index is 1.37. The molecule has 1 saturated heterocycles. The van der Waals surface area contributed by atoms with Crippen LogP contribution < -0.4 is 5.32 Å². The van der Waals surface area contributed by atoms with E-state index in [4.69, 9.17) is 9.26 Å². The average molecular weight is 450 g/mol. The third kappa shape index (κ3) is 5.14. The summed E-state index contributed by atoms with van der Waals surface area (Å²) in [4.78, 5) is 25.4. The highest BCUT2D eigenvalue weighted by molar-refractivity contribution is 5.75. The van der Waals surface area contributed by atoms with Crippen LogP contribution in [0.3, 0.4) is 0 Å². The molecule has 2 heterocycles. The van der Waals surface area contributed by atoms with Gasteiger partial charge in [-0.25, -0.2) is 4.79 Å². The first kappa shape index (κ1) is 22.3. The lowest BCUT2D eigenvalue weighted by Crippen LogP contribution is -2.42. The molecule has 0 saturated carbocycles. The summed E-state index contributed by atoms with van der Waals surface area (Å²) in [5.41, 5.74) is 3.55. The fourth-order valence-corrected chi connectivity index (χ4v) is 4.09. The summed E-state index contributed by atoms with van der Waals surface area (Å²) in [6.45, 7) is 4.88. The number of anilines is 1. The number of likely N-dealkylation sites (tertiary alicyclic amines) is 1. The number of nitro benzene ring substituents is 1. The van der Waals surface area contributed by atoms with Gasteiger partial charge < -0.3 is 19.5 Å². The zero-order valence-corrected chi connectivity index (χ0v) is 18.6. The molecule has 3 aromatic rings. The Bertz CT molecular complexity index is 1120. The Hall–Kier alpha value is -3.88. The van der Waals surface area contributed by atoms with Gasteiger partial charge in [0.2, 0.25) is 0 Å². The molecule has 9 heteroatoms. The smallest absolute Gasteiger partial charge is 0.410 e. The molecule has 172 valence electrons. The lowest BCUT2D eigenvalue weighted by atomic mass is 10.0. The van der Waals surface area contributed by atoms with Crippen molar-refractivity contribution < 1.29 is 19.0 Å². The minimum absolute atomic E-state index is 0.00259. The van der Waals surface area contributed by atoms with E-state index in [1.807, 2.05) is 43.3 Å². The Morgan fingerprint density at radius 3 is 2.58 bits per heavy atom. The van der Waals surface area contributed by atoms with Crippen LogP contribution in [0.2, 0.25) is 0 Å². The summed E-state index contributed by atoms with van der Waals surface area (Å²) in [5, 5.41) is 19.0. The highest BCUT2D eigenvalue weighted by Crippen LogP contribution is 2.34. The number of benzene rings is 2. The van der Waals surface area contributed by atoms with Crippen LogP contribution in [-0.2, 0) is 11.3 Å². The van der Waals surface area contributed by atoms with Crippen LogP contribution in [0.25, 0.3) is 11.1 Å². The van der Waals surface area contributed by atoms with E-state index in [9.17, 15) is 14.9 Å². The van der Waals surface area contributed by atoms with Gasteiger partial charge in [0.15, 0.2) is 0 Å². The van der Waals surface area contributed by atoms with Crippen molar-refractivity contribution in [1.29, 1.82) is 0 Å². The van der Waals surface area contributed by atoms with Crippen molar-refractivity contribution in [3.05, 3.63) is 75.7 Å². The van der Waals surface area contributed by atoms with Crippen LogP contribution in [-0.4, -0.2) is 40.2 Å². The van der Waals surface area contributed by atoms with Crippen LogP contribution in [0.5, 0.6) is 0 Å². The molecule has 1 aliphatic heterocycles. The number of hydrogen-bond acceptors (Lipinski definition) is 7. The number of aryl methyl sites for hydroxylation is 2. The van der Waals surface area contributed by atoms with Gasteiger partial charge in [-0.15, -0.1) is 0 Å². The van der Waals surface area contributed by atoms with Gasteiger partial charge in [0.05, 0.1) is 10.6 Å². The number of nitrogens with zero attached hydrogens (tertiary/aromatic N) is 3. The minimum Gasteiger partial charge on any atom is -0.445 e. The van der Waals surface area contributed by atoms with E-state index in [0.29, 0.717) is 48.6 Å². The van der Waals surface area contributed by atoms with Gasteiger partial charge in [-0.3, -0.25) is 10.1 Å². The SMILES string of the molecule is Cc1noc(C)c1-c1ccc(NC2CCN(C(=O)OCc3ccccc3)CC2)c([N+](=O)[O-])c1. The maximum Gasteiger partial charge on any atom is 0.410 e. The van der Waals surface area contributed by atoms with Crippen LogP contribution in [0.4, 0.5) is 16.2 Å². The maximum atomic E-state index is 12.4. The van der Waals surface area contributed by atoms with Crippen molar-refractivity contribution in [1.82, 2.24) is 10.1 Å². The molecule has 2 aromatic carbocycles. The highest BCUT2D eigenvalue weighted by atomic mass is 16.6. The van der Waals surface area contributed by atoms with Crippen molar-refractivity contribution in [3.63, 3.8) is 0 Å². The number of amides is 1. The number of nitrogens with one attached hydrogen (secondary N) is 1. The molecule has 33 heavy (non-hydrogen) atoms. The lowest BCUT2D eigenvalue weighted by molar-refractivity contribution is -0.383. The molecule has 0 atom stereocenters. The maximum absolute atomic E-state index is 12.4. The topological polar surface area (TPSA) is 111 Å². The Morgan fingerprint density at radius 2 is 1.94 bits per heavy atom. The molecule has 0 radical (unpaired) electrons. The van der Waals surface area contributed by atoms with Gasteiger partial charge >= 0.3 is 6.09 Å². The highest BCUT2D eigenvalue weighted by Gasteiger charge is 2.26. The molecule has 0 bridgehead atoms. The zero-order chi connectivity index (χ0) is 23.4. The van der Waals surface area contributed by atoms with Crippen molar-refractivity contribution in [2.45, 2.75) is 39.3 Å². The number of aromatic nitrogens is 1. The van der Waals surface area contributed by atoms with E-state index >= 15 is 0 Å². The van der Waals surface area contributed by atoms with Gasteiger partial charge in [-0.1, -0.05) is 41.6 Å². The molecule has 9 nitrogen and oxygen atoms in total. The molecule has 0 aliphatic carbocycles. The molecule has 0 spiro atoms. The number of piperidine rings is 1. The summed E-state index contributed by atoms with van der Waals surface area (Å²) < 4.78 is 10.6. The van der Waals surface area contributed by atoms with Crippen molar-refractivity contribution >= 4 is 17.5 Å². The minimum atomic E-state index is -0.389. The van der Waals surface area contributed by atoms with E-state index in [-0.39, 0.29) is 29.4 Å². The monoisotopic (exact) mass is 450 g/mol. The van der Waals surface area contributed by atoms with Crippen molar-refractivity contribution in [3.8, 4) is 11.1 Å². The van der Waals surface area contributed by atoms with Crippen LogP contribution in [0, 0.1) is 24.0 Å². The second kappa shape index (κ2) is 9.72. The lowest BCUT2D eigenvalue weighted by Gasteiger charge is -2.32. The van der Waals surface area contributed by atoms with Gasteiger partial charge in [-0.05, 0) is 43.9 Å². The fourth-order valence-electron chi connectivity index (χ4n) is 4.09. The molecule has 1 aliphatic rings. The summed E-state index contributed by atoms with van der Waals surface area (Å²) in [6.07, 6.45) is 0.999. The number of nitro groups is 1. The molecule has 1 N–H and O–H groups in total. The van der Waals surface area contributed by atoms with Crippen molar-refractivity contribution in [2.24, 2.45) is 0 Å². The van der Waals surface area contributed by atoms with Gasteiger partial charge in [-0.2, -0.15) is 0 Å². The molecule has 0 unspecified atom stereocenters. The predicted molar refractivity (Wildman–Crippen MR) is 123 cm³/mol. The number of ether oxygens (including phenoxy) is 1. The van der Waals surface area contributed by atoms with Gasteiger partial charge in [0.25, 0.3) is 5.69 Å². The third-order valence-corrected chi connectivity index (χ3v) is 5.83. The van der Waals surface area contributed by atoms with Crippen LogP contribution in [0.15, 0.2) is 53.1 Å². The quantitative estimate of drug-likeness (QED) is 0.412. The largest absolute Gasteiger partial charge is 0.445 e. The first-order chi connectivity index (χ1) is 15.9. The predicted octanol–water partition coefficient (Wildman–Crippen LogP) is 5.08. The van der Waals surface area contributed by atoms with Gasteiger partial charge in [0.1, 0.15) is 18.1 Å². The molecule has 1 fully saturated rings. The first-order valence-electron chi connectivity index (χ1n) is 10.9. The summed E-state index contributed by atoms with van der Waals surface area (Å²) in [5.74, 6) is 0.619. The molecule has 4 rings (SSSR count). The first-order valence-corrected chi connectivity index (χ1v) is 10.9. The number of carbonyl (C=O) groups is 1. The second-order valence-electron chi connectivity index (χ2n) is 8.13. The third-order valence-electron chi connectivity index (χ3n) is 5.83. The Morgan fingerprint density at radius 1 is 1.21 bits per heavy atom. The normalized spacial score (nSPS) is 14.2. The van der Waals surface area contributed by atoms with Crippen LogP contribution in [0.1, 0.15) is 29.9 Å². The standard InChI is InChI=1S/C24H26N4O5/c1-16-23(17(2)33-26-16)19-8-9-21(22(14-19)28(30)31)25-20-10-12-27(13-11-20)24(29)32-15-18-6-4-3-5-7-18/h3-9,14,20,25H,10-13,15H2,1-2H3. The Kier molecular flexibility index (Phi) is 6.58. The van der Waals surface area contributed by atoms with Gasteiger partial charge in [0, 0.05) is 30.8 Å². The molecular weight excluding hydrogens is 424 g/mol. The van der Waals surface area contributed by atoms with E-state index < -0.39 is 0 Å². The summed E-state index contributed by atoms with van der Waals surface area (Å²) >= 11 is 0. The fraction of sp³-hybridized carbons (Fsp3) is 0.333. The second-order valence-corrected chi connectivity index (χ2v) is 8.13.